The van der Waals surface area contributed by atoms with Gasteiger partial charge in [0.15, 0.2) is 0 Å². The molecule has 0 aliphatic rings. The molecule has 250 valence electrons. The Bertz CT molecular complexity index is 3500. The molecule has 11 rings (SSSR count). The van der Waals surface area contributed by atoms with E-state index in [0.29, 0.717) is 0 Å². The monoisotopic (exact) mass is 684 g/mol. The van der Waals surface area contributed by atoms with Crippen molar-refractivity contribution in [3.05, 3.63) is 155 Å². The SMILES string of the molecule is Cc1cc(-c2c3cc4c(cc3c(-c3cc(C)c(C#N)c(C)c3)c3c5cccc6cccc(c23)c65)c2cc3ccccc3c3cccc4c32)cc(C)c1C#N. The highest BCUT2D eigenvalue weighted by atomic mass is 14.3. The highest BCUT2D eigenvalue weighted by molar-refractivity contribution is 6.42. The molecular weight excluding hydrogens is 653 g/mol. The average molecular weight is 685 g/mol. The number of fused-ring (bicyclic) bond motifs is 9. The lowest BCUT2D eigenvalue weighted by atomic mass is 9.83. The van der Waals surface area contributed by atoms with E-state index in [1.165, 1.54) is 97.3 Å². The first kappa shape index (κ1) is 30.6. The Morgan fingerprint density at radius 2 is 0.759 bits per heavy atom. The topological polar surface area (TPSA) is 47.6 Å². The number of nitriles is 2. The molecule has 0 fully saturated rings. The van der Waals surface area contributed by atoms with E-state index in [0.717, 1.165) is 44.5 Å². The summed E-state index contributed by atoms with van der Waals surface area (Å²) in [4.78, 5) is 0. The molecule has 0 radical (unpaired) electrons. The van der Waals surface area contributed by atoms with Crippen molar-refractivity contribution in [3.8, 4) is 34.4 Å². The molecule has 11 aromatic rings. The molecule has 11 aromatic carbocycles. The van der Waals surface area contributed by atoms with E-state index in [9.17, 15) is 10.5 Å². The fourth-order valence-corrected chi connectivity index (χ4v) is 10.0. The van der Waals surface area contributed by atoms with Crippen LogP contribution in [0.1, 0.15) is 33.4 Å². The van der Waals surface area contributed by atoms with Gasteiger partial charge in [-0.25, -0.2) is 0 Å². The van der Waals surface area contributed by atoms with Crippen LogP contribution in [0.15, 0.2) is 121 Å². The number of nitrogens with zero attached hydrogens (tertiary/aromatic N) is 2. The molecule has 0 aromatic heterocycles. The third-order valence-electron chi connectivity index (χ3n) is 12.2. The number of aryl methyl sites for hydroxylation is 4. The van der Waals surface area contributed by atoms with E-state index in [4.69, 9.17) is 0 Å². The molecule has 0 heterocycles. The van der Waals surface area contributed by atoms with Gasteiger partial charge < -0.3 is 0 Å². The lowest BCUT2D eigenvalue weighted by Gasteiger charge is -2.19. The van der Waals surface area contributed by atoms with Crippen LogP contribution in [0.5, 0.6) is 0 Å². The van der Waals surface area contributed by atoms with Crippen molar-refractivity contribution in [2.24, 2.45) is 0 Å². The first-order valence-corrected chi connectivity index (χ1v) is 18.5. The summed E-state index contributed by atoms with van der Waals surface area (Å²) in [6, 6.07) is 49.9. The van der Waals surface area contributed by atoms with Gasteiger partial charge in [0, 0.05) is 0 Å². The van der Waals surface area contributed by atoms with E-state index in [1.807, 2.05) is 0 Å². The minimum Gasteiger partial charge on any atom is -0.192 e. The molecule has 0 bridgehead atoms. The smallest absolute Gasteiger partial charge is 0.0997 e. The summed E-state index contributed by atoms with van der Waals surface area (Å²) >= 11 is 0. The second-order valence-corrected chi connectivity index (χ2v) is 15.2. The number of benzene rings is 9. The molecule has 2 heteroatoms. The lowest BCUT2D eigenvalue weighted by molar-refractivity contribution is 1.32. The fourth-order valence-electron chi connectivity index (χ4n) is 10.0. The van der Waals surface area contributed by atoms with Crippen LogP contribution >= 0.6 is 0 Å². The van der Waals surface area contributed by atoms with Crippen LogP contribution in [0.2, 0.25) is 0 Å². The molecule has 0 aliphatic heterocycles. The van der Waals surface area contributed by atoms with Crippen molar-refractivity contribution < 1.29 is 0 Å². The summed E-state index contributed by atoms with van der Waals surface area (Å²) < 4.78 is 0. The van der Waals surface area contributed by atoms with Gasteiger partial charge in [-0.15, -0.1) is 0 Å². The Balaban J connectivity index is 1.46. The van der Waals surface area contributed by atoms with Crippen LogP contribution in [0, 0.1) is 50.4 Å². The van der Waals surface area contributed by atoms with Crippen molar-refractivity contribution in [2.45, 2.75) is 27.7 Å². The Morgan fingerprint density at radius 3 is 1.30 bits per heavy atom. The van der Waals surface area contributed by atoms with Gasteiger partial charge in [0.1, 0.15) is 0 Å². The van der Waals surface area contributed by atoms with Crippen LogP contribution in [0.3, 0.4) is 0 Å². The summed E-state index contributed by atoms with van der Waals surface area (Å²) in [6.07, 6.45) is 0. The normalized spacial score (nSPS) is 12.0. The standard InChI is InChI=1S/C52H32N2/c1-27-18-33(19-28(2)45(27)25-53)48-43-23-40-37-15-9-14-36-35-13-6-5-10-32(35)22-42(50(36)37)41(40)24-44(43)49(34-20-29(3)46(26-54)30(4)21-34)52-39-17-8-12-31-11-7-16-38(47(31)39)51(48)52/h5-24H,1-4H3. The van der Waals surface area contributed by atoms with Crippen molar-refractivity contribution in [1.29, 1.82) is 10.5 Å². The van der Waals surface area contributed by atoms with Crippen molar-refractivity contribution in [2.75, 3.05) is 0 Å². The zero-order chi connectivity index (χ0) is 36.6. The average Bonchev–Trinajstić information content (AvgIpc) is 3.66. The fraction of sp³-hybridized carbons (Fsp3) is 0.0769. The van der Waals surface area contributed by atoms with E-state index in [-0.39, 0.29) is 0 Å². The number of rotatable bonds is 2. The van der Waals surface area contributed by atoms with E-state index in [2.05, 4.69) is 161 Å². The number of hydrogen-bond donors (Lipinski definition) is 0. The predicted molar refractivity (Wildman–Crippen MR) is 228 cm³/mol. The minimum absolute atomic E-state index is 0.736. The van der Waals surface area contributed by atoms with E-state index in [1.54, 1.807) is 0 Å². The first-order valence-electron chi connectivity index (χ1n) is 18.5. The van der Waals surface area contributed by atoms with Crippen LogP contribution in [-0.2, 0) is 0 Å². The summed E-state index contributed by atoms with van der Waals surface area (Å²) in [6.45, 7) is 8.24. The number of hydrogen-bond acceptors (Lipinski definition) is 2. The summed E-state index contributed by atoms with van der Waals surface area (Å²) in [7, 11) is 0. The molecule has 0 amide bonds. The second-order valence-electron chi connectivity index (χ2n) is 15.2. The lowest BCUT2D eigenvalue weighted by Crippen LogP contribution is -1.95. The van der Waals surface area contributed by atoms with Crippen molar-refractivity contribution >= 4 is 86.2 Å². The summed E-state index contributed by atoms with van der Waals surface area (Å²) in [5, 5.41) is 40.1. The molecule has 0 spiro atoms. The van der Waals surface area contributed by atoms with E-state index < -0.39 is 0 Å². The molecule has 2 nitrogen and oxygen atoms in total. The second kappa shape index (κ2) is 10.8. The highest BCUT2D eigenvalue weighted by Gasteiger charge is 2.26. The van der Waals surface area contributed by atoms with Gasteiger partial charge in [-0.1, -0.05) is 103 Å². The molecular formula is C52H32N2. The zero-order valence-electron chi connectivity index (χ0n) is 30.4. The maximum Gasteiger partial charge on any atom is 0.0997 e. The van der Waals surface area contributed by atoms with Crippen LogP contribution in [0.4, 0.5) is 0 Å². The Morgan fingerprint density at radius 1 is 0.333 bits per heavy atom. The molecule has 0 saturated carbocycles. The maximum atomic E-state index is 10.1. The van der Waals surface area contributed by atoms with Crippen LogP contribution in [-0.4, -0.2) is 0 Å². The van der Waals surface area contributed by atoms with Crippen LogP contribution < -0.4 is 0 Å². The Hall–Kier alpha value is -7.00. The van der Waals surface area contributed by atoms with Crippen molar-refractivity contribution in [3.63, 3.8) is 0 Å². The minimum atomic E-state index is 0.736. The molecule has 0 saturated heterocycles. The quantitative estimate of drug-likeness (QED) is 0.170. The predicted octanol–water partition coefficient (Wildman–Crippen LogP) is 14.1. The summed E-state index contributed by atoms with van der Waals surface area (Å²) in [5.74, 6) is 0. The Labute approximate surface area is 312 Å². The van der Waals surface area contributed by atoms with Gasteiger partial charge in [0.25, 0.3) is 0 Å². The van der Waals surface area contributed by atoms with Gasteiger partial charge in [0.2, 0.25) is 0 Å². The van der Waals surface area contributed by atoms with Gasteiger partial charge in [-0.2, -0.15) is 10.5 Å². The third-order valence-corrected chi connectivity index (χ3v) is 12.2. The zero-order valence-corrected chi connectivity index (χ0v) is 30.4. The molecule has 0 atom stereocenters. The van der Waals surface area contributed by atoms with Gasteiger partial charge in [0.05, 0.1) is 23.3 Å². The maximum absolute atomic E-state index is 10.1. The Kier molecular flexibility index (Phi) is 6.11. The van der Waals surface area contributed by atoms with Gasteiger partial charge in [-0.3, -0.25) is 0 Å². The van der Waals surface area contributed by atoms with Gasteiger partial charge >= 0.3 is 0 Å². The van der Waals surface area contributed by atoms with Crippen molar-refractivity contribution in [1.82, 2.24) is 0 Å². The first-order chi connectivity index (χ1) is 26.4. The third kappa shape index (κ3) is 3.87. The molecule has 0 aliphatic carbocycles. The molecule has 0 unspecified atom stereocenters. The highest BCUT2D eigenvalue weighted by Crippen LogP contribution is 2.54. The molecule has 54 heavy (non-hydrogen) atoms. The van der Waals surface area contributed by atoms with E-state index >= 15 is 0 Å². The largest absolute Gasteiger partial charge is 0.192 e. The molecule has 0 N–H and O–H groups in total. The van der Waals surface area contributed by atoms with Crippen LogP contribution in [0.25, 0.3) is 108 Å². The van der Waals surface area contributed by atoms with Gasteiger partial charge in [-0.05, 0) is 177 Å². The summed E-state index contributed by atoms with van der Waals surface area (Å²) in [5.41, 5.74) is 10.0.